The quantitative estimate of drug-likeness (QED) is 0.767. The van der Waals surface area contributed by atoms with Gasteiger partial charge in [0, 0.05) is 11.5 Å². The molecule has 1 fully saturated rings. The third kappa shape index (κ3) is 4.73. The highest BCUT2D eigenvalue weighted by atomic mass is 32.2. The fraction of sp³-hybridized carbons (Fsp3) is 0.692. The van der Waals surface area contributed by atoms with Crippen LogP contribution in [0.3, 0.4) is 0 Å². The molecule has 2 rings (SSSR count). The van der Waals surface area contributed by atoms with Gasteiger partial charge in [0.25, 0.3) is 0 Å². The van der Waals surface area contributed by atoms with Crippen molar-refractivity contribution < 1.29 is 14.7 Å². The largest absolute Gasteiger partial charge is 0.481 e. The third-order valence-electron chi connectivity index (χ3n) is 2.83. The van der Waals surface area contributed by atoms with Crippen LogP contribution in [0.25, 0.3) is 0 Å². The third-order valence-corrected chi connectivity index (χ3v) is 3.78. The minimum Gasteiger partial charge on any atom is -0.481 e. The summed E-state index contributed by atoms with van der Waals surface area (Å²) in [7, 11) is 0. The van der Waals surface area contributed by atoms with E-state index < -0.39 is 5.97 Å². The van der Waals surface area contributed by atoms with E-state index in [1.54, 1.807) is 4.57 Å². The smallest absolute Gasteiger partial charge is 0.313 e. The first-order valence-corrected chi connectivity index (χ1v) is 7.83. The number of thioether (sulfide) groups is 1. The molecule has 7 nitrogen and oxygen atoms in total. The van der Waals surface area contributed by atoms with Crippen molar-refractivity contribution in [1.29, 1.82) is 0 Å². The number of nitrogens with zero attached hydrogens (tertiary/aromatic N) is 3. The van der Waals surface area contributed by atoms with Crippen LogP contribution < -0.4 is 5.32 Å². The maximum atomic E-state index is 12.1. The summed E-state index contributed by atoms with van der Waals surface area (Å²) in [6.45, 7) is 5.87. The Morgan fingerprint density at radius 2 is 2.05 bits per heavy atom. The first-order valence-electron chi connectivity index (χ1n) is 6.85. The second-order valence-electron chi connectivity index (χ2n) is 6.18. The van der Waals surface area contributed by atoms with Gasteiger partial charge in [-0.1, -0.05) is 11.8 Å². The van der Waals surface area contributed by atoms with Gasteiger partial charge in [0.05, 0.1) is 5.75 Å². The molecule has 0 unspecified atom stereocenters. The highest BCUT2D eigenvalue weighted by Crippen LogP contribution is 2.40. The van der Waals surface area contributed by atoms with Crippen molar-refractivity contribution in [2.75, 3.05) is 5.75 Å². The topological polar surface area (TPSA) is 97.1 Å². The highest BCUT2D eigenvalue weighted by molar-refractivity contribution is 7.99. The molecule has 0 aromatic carbocycles. The van der Waals surface area contributed by atoms with Crippen LogP contribution in [-0.2, 0) is 16.1 Å². The molecule has 0 aliphatic heterocycles. The summed E-state index contributed by atoms with van der Waals surface area (Å²) in [6, 6.07) is 0. The van der Waals surface area contributed by atoms with Crippen LogP contribution in [0.4, 0.5) is 0 Å². The van der Waals surface area contributed by atoms with E-state index in [1.807, 2.05) is 20.8 Å². The Bertz CT molecular complexity index is 546. The maximum absolute atomic E-state index is 12.1. The molecule has 1 amide bonds. The van der Waals surface area contributed by atoms with E-state index in [9.17, 15) is 9.59 Å². The number of carboxylic acid groups (broad SMARTS) is 1. The number of carbonyl (C=O) groups excluding carboxylic acids is 1. The lowest BCUT2D eigenvalue weighted by molar-refractivity contribution is -0.134. The maximum Gasteiger partial charge on any atom is 0.313 e. The van der Waals surface area contributed by atoms with Crippen LogP contribution >= 0.6 is 11.8 Å². The van der Waals surface area contributed by atoms with E-state index >= 15 is 0 Å². The number of carboxylic acids is 1. The lowest BCUT2D eigenvalue weighted by atomic mass is 10.1. The number of carbonyl (C=O) groups is 2. The van der Waals surface area contributed by atoms with Crippen LogP contribution in [0.2, 0.25) is 0 Å². The van der Waals surface area contributed by atoms with Crippen molar-refractivity contribution >= 4 is 23.6 Å². The van der Waals surface area contributed by atoms with Crippen LogP contribution in [-0.4, -0.2) is 43.0 Å². The molecule has 0 bridgehead atoms. The molecule has 1 aromatic rings. The molecule has 1 heterocycles. The van der Waals surface area contributed by atoms with Crippen molar-refractivity contribution in [3.63, 3.8) is 0 Å². The second-order valence-corrected chi connectivity index (χ2v) is 7.12. The van der Waals surface area contributed by atoms with Gasteiger partial charge in [0.15, 0.2) is 5.16 Å². The van der Waals surface area contributed by atoms with Crippen LogP contribution in [0.5, 0.6) is 0 Å². The van der Waals surface area contributed by atoms with Gasteiger partial charge in [-0.2, -0.15) is 0 Å². The van der Waals surface area contributed by atoms with Crippen molar-refractivity contribution in [2.24, 2.45) is 0 Å². The van der Waals surface area contributed by atoms with Crippen LogP contribution in [0, 0.1) is 0 Å². The fourth-order valence-corrected chi connectivity index (χ4v) is 2.59. The molecular formula is C13H20N4O3S. The summed E-state index contributed by atoms with van der Waals surface area (Å²) in [4.78, 5) is 22.8. The molecule has 8 heteroatoms. The summed E-state index contributed by atoms with van der Waals surface area (Å²) >= 11 is 1.09. The number of aromatic nitrogens is 3. The molecule has 2 N–H and O–H groups in total. The van der Waals surface area contributed by atoms with E-state index in [0.717, 1.165) is 30.4 Å². The Hall–Kier alpha value is -1.57. The highest BCUT2D eigenvalue weighted by Gasteiger charge is 2.31. The predicted molar refractivity (Wildman–Crippen MR) is 78.3 cm³/mol. The zero-order valence-electron chi connectivity index (χ0n) is 12.4. The van der Waals surface area contributed by atoms with Crippen LogP contribution in [0.15, 0.2) is 5.16 Å². The number of amides is 1. The lowest BCUT2D eigenvalue weighted by Gasteiger charge is -2.21. The number of rotatable bonds is 6. The predicted octanol–water partition coefficient (Wildman–Crippen LogP) is 1.25. The van der Waals surface area contributed by atoms with Gasteiger partial charge < -0.3 is 10.4 Å². The molecule has 21 heavy (non-hydrogen) atoms. The summed E-state index contributed by atoms with van der Waals surface area (Å²) in [5, 5.41) is 20.3. The number of nitrogens with one attached hydrogen (secondary N) is 1. The summed E-state index contributed by atoms with van der Waals surface area (Å²) in [5.74, 6) is -0.00180. The SMILES string of the molecule is CC(C)(C)NC(=O)Cn1c(SCC(=O)O)nnc1C1CC1. The number of hydrogen-bond acceptors (Lipinski definition) is 5. The standard InChI is InChI=1S/C13H20N4O3S/c1-13(2,3)14-9(18)6-17-11(8-4-5-8)15-16-12(17)21-7-10(19)20/h8H,4-7H2,1-3H3,(H,14,18)(H,19,20). The Morgan fingerprint density at radius 3 is 2.57 bits per heavy atom. The summed E-state index contributed by atoms with van der Waals surface area (Å²) < 4.78 is 1.74. The minimum atomic E-state index is -0.915. The Morgan fingerprint density at radius 1 is 1.38 bits per heavy atom. The van der Waals surface area contributed by atoms with Gasteiger partial charge >= 0.3 is 5.97 Å². The molecule has 1 aliphatic carbocycles. The first kappa shape index (κ1) is 15.8. The van der Waals surface area contributed by atoms with Crippen LogP contribution in [0.1, 0.15) is 45.4 Å². The van der Waals surface area contributed by atoms with E-state index in [4.69, 9.17) is 5.11 Å². The van der Waals surface area contributed by atoms with Gasteiger partial charge in [-0.15, -0.1) is 10.2 Å². The zero-order chi connectivity index (χ0) is 15.6. The molecular weight excluding hydrogens is 292 g/mol. The fourth-order valence-electron chi connectivity index (χ4n) is 1.93. The molecule has 0 radical (unpaired) electrons. The van der Waals surface area contributed by atoms with Crippen molar-refractivity contribution in [3.05, 3.63) is 5.82 Å². The zero-order valence-corrected chi connectivity index (χ0v) is 13.2. The molecule has 1 saturated carbocycles. The monoisotopic (exact) mass is 312 g/mol. The Labute approximate surface area is 127 Å². The minimum absolute atomic E-state index is 0.0936. The van der Waals surface area contributed by atoms with Crippen molar-refractivity contribution in [1.82, 2.24) is 20.1 Å². The Balaban J connectivity index is 2.12. The molecule has 1 aliphatic rings. The molecule has 116 valence electrons. The average molecular weight is 312 g/mol. The molecule has 0 atom stereocenters. The molecule has 0 saturated heterocycles. The van der Waals surface area contributed by atoms with E-state index in [0.29, 0.717) is 11.1 Å². The summed E-state index contributed by atoms with van der Waals surface area (Å²) in [5.41, 5.74) is -0.306. The molecule has 0 spiro atoms. The van der Waals surface area contributed by atoms with E-state index in [2.05, 4.69) is 15.5 Å². The van der Waals surface area contributed by atoms with Crippen molar-refractivity contribution in [2.45, 2.75) is 56.8 Å². The van der Waals surface area contributed by atoms with Gasteiger partial charge in [-0.3, -0.25) is 14.2 Å². The Kier molecular flexibility index (Phi) is 4.55. The normalized spacial score (nSPS) is 15.0. The second kappa shape index (κ2) is 6.05. The van der Waals surface area contributed by atoms with E-state index in [-0.39, 0.29) is 23.7 Å². The number of hydrogen-bond donors (Lipinski definition) is 2. The van der Waals surface area contributed by atoms with E-state index in [1.165, 1.54) is 0 Å². The number of aliphatic carboxylic acids is 1. The van der Waals surface area contributed by atoms with Crippen molar-refractivity contribution in [3.8, 4) is 0 Å². The lowest BCUT2D eigenvalue weighted by Crippen LogP contribution is -2.42. The summed E-state index contributed by atoms with van der Waals surface area (Å²) in [6.07, 6.45) is 2.09. The average Bonchev–Trinajstić information content (AvgIpc) is 3.08. The first-order chi connectivity index (χ1) is 9.76. The van der Waals surface area contributed by atoms with Gasteiger partial charge in [-0.05, 0) is 33.6 Å². The van der Waals surface area contributed by atoms with Gasteiger partial charge in [0.1, 0.15) is 12.4 Å². The molecule has 1 aromatic heterocycles. The van der Waals surface area contributed by atoms with Gasteiger partial charge in [-0.25, -0.2) is 0 Å². The van der Waals surface area contributed by atoms with Gasteiger partial charge in [0.2, 0.25) is 5.91 Å².